The SMILES string of the molecule is O=C(O)c1ccc(C(=O)Nc2cc(F)cc([N+](=O)[O-])c2)o1. The molecular formula is C12H7FN2O6. The van der Waals surface area contributed by atoms with E-state index in [0.29, 0.717) is 6.07 Å². The molecule has 0 bridgehead atoms. The van der Waals surface area contributed by atoms with Crippen LogP contribution in [0.15, 0.2) is 34.7 Å². The Hall–Kier alpha value is -3.23. The van der Waals surface area contributed by atoms with Crippen molar-refractivity contribution in [3.8, 4) is 0 Å². The number of carbonyl (C=O) groups excluding carboxylic acids is 1. The lowest BCUT2D eigenvalue weighted by atomic mass is 10.2. The summed E-state index contributed by atoms with van der Waals surface area (Å²) < 4.78 is 17.9. The van der Waals surface area contributed by atoms with Crippen molar-refractivity contribution >= 4 is 23.3 Å². The zero-order valence-electron chi connectivity index (χ0n) is 10.2. The van der Waals surface area contributed by atoms with E-state index in [1.807, 2.05) is 0 Å². The van der Waals surface area contributed by atoms with Gasteiger partial charge in [-0.05, 0) is 18.2 Å². The number of nitrogens with one attached hydrogen (secondary N) is 1. The standard InChI is InChI=1S/C12H7FN2O6/c13-6-3-7(5-8(4-6)15(19)20)14-11(16)9-1-2-10(21-9)12(17)18/h1-5H,(H,14,16)(H,17,18). The van der Waals surface area contributed by atoms with E-state index in [1.165, 1.54) is 0 Å². The summed E-state index contributed by atoms with van der Waals surface area (Å²) in [6.45, 7) is 0. The van der Waals surface area contributed by atoms with Crippen molar-refractivity contribution in [2.24, 2.45) is 0 Å². The van der Waals surface area contributed by atoms with Crippen molar-refractivity contribution in [1.29, 1.82) is 0 Å². The Morgan fingerprint density at radius 3 is 2.48 bits per heavy atom. The number of aromatic carboxylic acids is 1. The van der Waals surface area contributed by atoms with Crippen LogP contribution in [0.5, 0.6) is 0 Å². The summed E-state index contributed by atoms with van der Waals surface area (Å²) in [5, 5.41) is 21.4. The maximum Gasteiger partial charge on any atom is 0.371 e. The first kappa shape index (κ1) is 14.2. The third-order valence-corrected chi connectivity index (χ3v) is 2.39. The molecule has 0 saturated carbocycles. The number of halogens is 1. The van der Waals surface area contributed by atoms with Gasteiger partial charge in [-0.1, -0.05) is 0 Å². The largest absolute Gasteiger partial charge is 0.475 e. The highest BCUT2D eigenvalue weighted by atomic mass is 19.1. The second-order valence-corrected chi connectivity index (χ2v) is 3.88. The fourth-order valence-electron chi connectivity index (χ4n) is 1.52. The molecule has 8 nitrogen and oxygen atoms in total. The van der Waals surface area contributed by atoms with Crippen LogP contribution in [0, 0.1) is 15.9 Å². The highest BCUT2D eigenvalue weighted by Crippen LogP contribution is 2.21. The lowest BCUT2D eigenvalue weighted by Gasteiger charge is -2.03. The van der Waals surface area contributed by atoms with Crippen molar-refractivity contribution in [3.05, 3.63) is 57.8 Å². The number of hydrogen-bond donors (Lipinski definition) is 2. The summed E-state index contributed by atoms with van der Waals surface area (Å²) in [6.07, 6.45) is 0. The molecule has 0 aliphatic rings. The molecule has 2 N–H and O–H groups in total. The summed E-state index contributed by atoms with van der Waals surface area (Å²) in [4.78, 5) is 32.1. The Balaban J connectivity index is 2.22. The number of non-ortho nitro benzene ring substituents is 1. The topological polar surface area (TPSA) is 123 Å². The predicted octanol–water partition coefficient (Wildman–Crippen LogP) is 2.28. The summed E-state index contributed by atoms with van der Waals surface area (Å²) in [5.41, 5.74) is -0.684. The molecule has 9 heteroatoms. The maximum atomic E-state index is 13.2. The van der Waals surface area contributed by atoms with Crippen LogP contribution in [0.2, 0.25) is 0 Å². The molecule has 108 valence electrons. The minimum absolute atomic E-state index is 0.153. The van der Waals surface area contributed by atoms with Crippen LogP contribution in [0.1, 0.15) is 21.1 Å². The van der Waals surface area contributed by atoms with Crippen LogP contribution in [-0.2, 0) is 0 Å². The normalized spacial score (nSPS) is 10.1. The van der Waals surface area contributed by atoms with E-state index < -0.39 is 34.1 Å². The number of amides is 1. The molecule has 0 radical (unpaired) electrons. The van der Waals surface area contributed by atoms with Gasteiger partial charge in [-0.25, -0.2) is 9.18 Å². The number of carboxylic acid groups (broad SMARTS) is 1. The first-order chi connectivity index (χ1) is 9.86. The van der Waals surface area contributed by atoms with Gasteiger partial charge in [0.05, 0.1) is 16.7 Å². The van der Waals surface area contributed by atoms with Crippen LogP contribution in [0.4, 0.5) is 15.8 Å². The van der Waals surface area contributed by atoms with E-state index >= 15 is 0 Å². The van der Waals surface area contributed by atoms with Crippen LogP contribution in [-0.4, -0.2) is 21.9 Å². The van der Waals surface area contributed by atoms with Gasteiger partial charge in [0.2, 0.25) is 5.76 Å². The van der Waals surface area contributed by atoms with Gasteiger partial charge in [-0.3, -0.25) is 14.9 Å². The minimum Gasteiger partial charge on any atom is -0.475 e. The van der Waals surface area contributed by atoms with E-state index in [4.69, 9.17) is 9.52 Å². The number of nitro groups is 1. The molecule has 2 rings (SSSR count). The molecule has 0 aliphatic carbocycles. The predicted molar refractivity (Wildman–Crippen MR) is 66.7 cm³/mol. The summed E-state index contributed by atoms with van der Waals surface area (Å²) in [5.74, 6) is -3.87. The van der Waals surface area contributed by atoms with Gasteiger partial charge < -0.3 is 14.8 Å². The van der Waals surface area contributed by atoms with Gasteiger partial charge in [0.25, 0.3) is 11.6 Å². The van der Waals surface area contributed by atoms with Crippen LogP contribution >= 0.6 is 0 Å². The molecular weight excluding hydrogens is 287 g/mol. The van der Waals surface area contributed by atoms with Crippen molar-refractivity contribution in [2.45, 2.75) is 0 Å². The molecule has 0 spiro atoms. The third kappa shape index (κ3) is 3.21. The zero-order valence-corrected chi connectivity index (χ0v) is 10.2. The molecule has 1 amide bonds. The number of hydrogen-bond acceptors (Lipinski definition) is 5. The summed E-state index contributed by atoms with van der Waals surface area (Å²) in [6, 6.07) is 4.73. The second kappa shape index (κ2) is 5.41. The average molecular weight is 294 g/mol. The molecule has 1 aromatic heterocycles. The Morgan fingerprint density at radius 1 is 1.24 bits per heavy atom. The van der Waals surface area contributed by atoms with Crippen molar-refractivity contribution in [2.75, 3.05) is 5.32 Å². The highest BCUT2D eigenvalue weighted by Gasteiger charge is 2.17. The zero-order chi connectivity index (χ0) is 15.6. The van der Waals surface area contributed by atoms with Gasteiger partial charge >= 0.3 is 5.97 Å². The first-order valence-electron chi connectivity index (χ1n) is 5.46. The van der Waals surface area contributed by atoms with E-state index in [1.54, 1.807) is 0 Å². The average Bonchev–Trinajstić information content (AvgIpc) is 2.87. The molecule has 21 heavy (non-hydrogen) atoms. The van der Waals surface area contributed by atoms with E-state index in [-0.39, 0.29) is 11.4 Å². The van der Waals surface area contributed by atoms with Gasteiger partial charge in [0, 0.05) is 6.07 Å². The van der Waals surface area contributed by atoms with E-state index in [0.717, 1.165) is 24.3 Å². The Labute approximate surface area is 115 Å². The Kier molecular flexibility index (Phi) is 3.65. The Morgan fingerprint density at radius 2 is 1.90 bits per heavy atom. The fourth-order valence-corrected chi connectivity index (χ4v) is 1.52. The summed E-state index contributed by atoms with van der Waals surface area (Å²) >= 11 is 0. The van der Waals surface area contributed by atoms with Crippen LogP contribution < -0.4 is 5.32 Å². The molecule has 1 heterocycles. The number of carbonyl (C=O) groups is 2. The molecule has 0 aliphatic heterocycles. The molecule has 0 saturated heterocycles. The fraction of sp³-hybridized carbons (Fsp3) is 0. The monoisotopic (exact) mass is 294 g/mol. The summed E-state index contributed by atoms with van der Waals surface area (Å²) in [7, 11) is 0. The Bertz CT molecular complexity index is 739. The second-order valence-electron chi connectivity index (χ2n) is 3.88. The van der Waals surface area contributed by atoms with Gasteiger partial charge in [-0.15, -0.1) is 0 Å². The van der Waals surface area contributed by atoms with Crippen molar-refractivity contribution in [3.63, 3.8) is 0 Å². The van der Waals surface area contributed by atoms with Crippen LogP contribution in [0.25, 0.3) is 0 Å². The van der Waals surface area contributed by atoms with E-state index in [2.05, 4.69) is 5.32 Å². The van der Waals surface area contributed by atoms with Gasteiger partial charge in [0.1, 0.15) is 5.82 Å². The number of nitro benzene ring substituents is 1. The third-order valence-electron chi connectivity index (χ3n) is 2.39. The van der Waals surface area contributed by atoms with Crippen molar-refractivity contribution in [1.82, 2.24) is 0 Å². The number of anilines is 1. The molecule has 0 atom stereocenters. The number of rotatable bonds is 4. The molecule has 2 aromatic rings. The number of carboxylic acids is 1. The number of nitrogens with zero attached hydrogens (tertiary/aromatic N) is 1. The first-order valence-corrected chi connectivity index (χ1v) is 5.46. The smallest absolute Gasteiger partial charge is 0.371 e. The lowest BCUT2D eigenvalue weighted by molar-refractivity contribution is -0.385. The number of benzene rings is 1. The van der Waals surface area contributed by atoms with Crippen molar-refractivity contribution < 1.29 is 28.4 Å². The maximum absolute atomic E-state index is 13.2. The van der Waals surface area contributed by atoms with Gasteiger partial charge in [-0.2, -0.15) is 0 Å². The van der Waals surface area contributed by atoms with E-state index in [9.17, 15) is 24.1 Å². The number of furan rings is 1. The minimum atomic E-state index is -1.35. The molecule has 0 unspecified atom stereocenters. The molecule has 1 aromatic carbocycles. The molecule has 0 fully saturated rings. The lowest BCUT2D eigenvalue weighted by Crippen LogP contribution is -2.11. The highest BCUT2D eigenvalue weighted by molar-refractivity contribution is 6.03. The van der Waals surface area contributed by atoms with Gasteiger partial charge in [0.15, 0.2) is 5.76 Å². The van der Waals surface area contributed by atoms with Crippen LogP contribution in [0.3, 0.4) is 0 Å². The quantitative estimate of drug-likeness (QED) is 0.658.